The summed E-state index contributed by atoms with van der Waals surface area (Å²) in [5.41, 5.74) is 2.82. The van der Waals surface area contributed by atoms with E-state index in [4.69, 9.17) is 0 Å². The van der Waals surface area contributed by atoms with Crippen LogP contribution in [-0.2, 0) is 9.59 Å². The minimum atomic E-state index is -0.0714. The highest BCUT2D eigenvalue weighted by Crippen LogP contribution is 2.26. The lowest BCUT2D eigenvalue weighted by atomic mass is 10.1. The molecule has 2 aromatic carbocycles. The van der Waals surface area contributed by atoms with Crippen molar-refractivity contribution in [2.75, 3.05) is 10.6 Å². The Morgan fingerprint density at radius 1 is 0.917 bits per heavy atom. The van der Waals surface area contributed by atoms with Gasteiger partial charge in [0.1, 0.15) is 5.78 Å². The molecule has 24 heavy (non-hydrogen) atoms. The number of hydrogen-bond donors (Lipinski definition) is 2. The van der Waals surface area contributed by atoms with Crippen molar-refractivity contribution in [3.63, 3.8) is 0 Å². The fourth-order valence-corrected chi connectivity index (χ4v) is 2.49. The van der Waals surface area contributed by atoms with E-state index < -0.39 is 0 Å². The standard InChI is InChI=1S/C20H24N2O2/c1-15(23)9-8-14-20(24)22-19-13-7-6-12-18(19)21-16(2)17-10-4-3-5-11-17/h3-7,10-13,16,21H,8-9,14H2,1-2H3,(H,22,24). The van der Waals surface area contributed by atoms with Crippen molar-refractivity contribution in [1.29, 1.82) is 0 Å². The summed E-state index contributed by atoms with van der Waals surface area (Å²) in [6, 6.07) is 17.9. The fraction of sp³-hybridized carbons (Fsp3) is 0.300. The number of ketones is 1. The Bertz CT molecular complexity index is 683. The summed E-state index contributed by atoms with van der Waals surface area (Å²) >= 11 is 0. The first-order valence-electron chi connectivity index (χ1n) is 8.26. The largest absolute Gasteiger partial charge is 0.377 e. The highest BCUT2D eigenvalue weighted by atomic mass is 16.1. The Hall–Kier alpha value is -2.62. The molecule has 0 saturated carbocycles. The Morgan fingerprint density at radius 2 is 1.54 bits per heavy atom. The van der Waals surface area contributed by atoms with Crippen LogP contribution in [0.4, 0.5) is 11.4 Å². The van der Waals surface area contributed by atoms with Gasteiger partial charge in [-0.1, -0.05) is 42.5 Å². The molecule has 0 aliphatic rings. The normalized spacial score (nSPS) is 11.6. The lowest BCUT2D eigenvalue weighted by Crippen LogP contribution is -2.14. The molecule has 2 aromatic rings. The molecule has 0 heterocycles. The Kier molecular flexibility index (Phi) is 6.55. The number of nitrogens with one attached hydrogen (secondary N) is 2. The van der Waals surface area contributed by atoms with Crippen LogP contribution in [0.3, 0.4) is 0 Å². The summed E-state index contributed by atoms with van der Waals surface area (Å²) in [7, 11) is 0. The summed E-state index contributed by atoms with van der Waals surface area (Å²) in [4.78, 5) is 23.0. The lowest BCUT2D eigenvalue weighted by molar-refractivity contribution is -0.117. The maximum atomic E-state index is 12.1. The van der Waals surface area contributed by atoms with Gasteiger partial charge in [0.25, 0.3) is 0 Å². The molecule has 0 aliphatic carbocycles. The van der Waals surface area contributed by atoms with Gasteiger partial charge in [-0.25, -0.2) is 0 Å². The Labute approximate surface area is 143 Å². The second-order valence-corrected chi connectivity index (χ2v) is 5.93. The quantitative estimate of drug-likeness (QED) is 0.748. The summed E-state index contributed by atoms with van der Waals surface area (Å²) in [5.74, 6) is 0.0411. The molecule has 0 radical (unpaired) electrons. The molecule has 1 unspecified atom stereocenters. The average Bonchev–Trinajstić information content (AvgIpc) is 2.57. The molecular formula is C20H24N2O2. The third-order valence-electron chi connectivity index (χ3n) is 3.81. The van der Waals surface area contributed by atoms with Crippen molar-refractivity contribution in [3.05, 3.63) is 60.2 Å². The van der Waals surface area contributed by atoms with Crippen LogP contribution >= 0.6 is 0 Å². The number of carbonyl (C=O) groups is 2. The second kappa shape index (κ2) is 8.87. The SMILES string of the molecule is CC(=O)CCCC(=O)Nc1ccccc1NC(C)c1ccccc1. The van der Waals surface area contributed by atoms with Crippen molar-refractivity contribution in [3.8, 4) is 0 Å². The molecule has 0 saturated heterocycles. The highest BCUT2D eigenvalue weighted by molar-refractivity contribution is 5.94. The maximum Gasteiger partial charge on any atom is 0.224 e. The van der Waals surface area contributed by atoms with Gasteiger partial charge < -0.3 is 15.4 Å². The van der Waals surface area contributed by atoms with Gasteiger partial charge in [-0.3, -0.25) is 4.79 Å². The van der Waals surface area contributed by atoms with Crippen molar-refractivity contribution >= 4 is 23.1 Å². The number of hydrogen-bond acceptors (Lipinski definition) is 3. The van der Waals surface area contributed by atoms with Crippen LogP contribution in [-0.4, -0.2) is 11.7 Å². The minimum absolute atomic E-state index is 0.0714. The van der Waals surface area contributed by atoms with E-state index in [2.05, 4.69) is 29.7 Å². The van der Waals surface area contributed by atoms with E-state index in [1.54, 1.807) is 6.92 Å². The van der Waals surface area contributed by atoms with E-state index in [1.807, 2.05) is 42.5 Å². The molecule has 2 rings (SSSR count). The number of para-hydroxylation sites is 2. The molecule has 4 nitrogen and oxygen atoms in total. The van der Waals surface area contributed by atoms with Gasteiger partial charge in [-0.15, -0.1) is 0 Å². The number of carbonyl (C=O) groups excluding carboxylic acids is 2. The van der Waals surface area contributed by atoms with Crippen molar-refractivity contribution in [2.24, 2.45) is 0 Å². The van der Waals surface area contributed by atoms with Gasteiger partial charge in [0.15, 0.2) is 0 Å². The first-order valence-corrected chi connectivity index (χ1v) is 8.26. The van der Waals surface area contributed by atoms with Gasteiger partial charge in [0.05, 0.1) is 11.4 Å². The fourth-order valence-electron chi connectivity index (χ4n) is 2.49. The van der Waals surface area contributed by atoms with E-state index in [-0.39, 0.29) is 17.7 Å². The molecule has 0 aromatic heterocycles. The smallest absolute Gasteiger partial charge is 0.224 e. The van der Waals surface area contributed by atoms with E-state index in [1.165, 1.54) is 5.56 Å². The molecule has 4 heteroatoms. The predicted octanol–water partition coefficient (Wildman–Crippen LogP) is 4.56. The van der Waals surface area contributed by atoms with Crippen LogP contribution in [0.15, 0.2) is 54.6 Å². The van der Waals surface area contributed by atoms with E-state index in [9.17, 15) is 9.59 Å². The van der Waals surface area contributed by atoms with Crippen LogP contribution in [0.2, 0.25) is 0 Å². The molecule has 2 N–H and O–H groups in total. The monoisotopic (exact) mass is 324 g/mol. The zero-order valence-corrected chi connectivity index (χ0v) is 14.2. The number of Topliss-reactive ketones (excluding diaryl/α,β-unsaturated/α-hetero) is 1. The number of rotatable bonds is 8. The van der Waals surface area contributed by atoms with Gasteiger partial charge in [0, 0.05) is 18.9 Å². The van der Waals surface area contributed by atoms with E-state index >= 15 is 0 Å². The lowest BCUT2D eigenvalue weighted by Gasteiger charge is -2.19. The topological polar surface area (TPSA) is 58.2 Å². The van der Waals surface area contributed by atoms with Crippen LogP contribution in [0.1, 0.15) is 44.7 Å². The summed E-state index contributed by atoms with van der Waals surface area (Å²) < 4.78 is 0. The molecule has 1 atom stereocenters. The summed E-state index contributed by atoms with van der Waals surface area (Å²) in [5, 5.41) is 6.37. The van der Waals surface area contributed by atoms with Crippen LogP contribution in [0.25, 0.3) is 0 Å². The molecule has 0 aliphatic heterocycles. The molecule has 126 valence electrons. The average molecular weight is 324 g/mol. The number of anilines is 2. The first-order chi connectivity index (χ1) is 11.6. The van der Waals surface area contributed by atoms with Gasteiger partial charge >= 0.3 is 0 Å². The molecule has 1 amide bonds. The van der Waals surface area contributed by atoms with Crippen molar-refractivity contribution in [1.82, 2.24) is 0 Å². The molecular weight excluding hydrogens is 300 g/mol. The maximum absolute atomic E-state index is 12.1. The van der Waals surface area contributed by atoms with Crippen LogP contribution < -0.4 is 10.6 Å². The molecule has 0 bridgehead atoms. The van der Waals surface area contributed by atoms with Gasteiger partial charge in [0.2, 0.25) is 5.91 Å². The summed E-state index contributed by atoms with van der Waals surface area (Å²) in [6.07, 6.45) is 1.37. The van der Waals surface area contributed by atoms with E-state index in [0.29, 0.717) is 19.3 Å². The molecule has 0 fully saturated rings. The first kappa shape index (κ1) is 17.7. The van der Waals surface area contributed by atoms with Gasteiger partial charge in [-0.2, -0.15) is 0 Å². The Balaban J connectivity index is 1.99. The highest BCUT2D eigenvalue weighted by Gasteiger charge is 2.10. The van der Waals surface area contributed by atoms with Crippen LogP contribution in [0.5, 0.6) is 0 Å². The number of amides is 1. The molecule has 0 spiro atoms. The van der Waals surface area contributed by atoms with Crippen molar-refractivity contribution in [2.45, 2.75) is 39.2 Å². The van der Waals surface area contributed by atoms with Gasteiger partial charge in [-0.05, 0) is 38.0 Å². The zero-order chi connectivity index (χ0) is 17.4. The van der Waals surface area contributed by atoms with E-state index in [0.717, 1.165) is 11.4 Å². The third-order valence-corrected chi connectivity index (χ3v) is 3.81. The summed E-state index contributed by atoms with van der Waals surface area (Å²) in [6.45, 7) is 3.63. The minimum Gasteiger partial charge on any atom is -0.377 e. The second-order valence-electron chi connectivity index (χ2n) is 5.93. The zero-order valence-electron chi connectivity index (χ0n) is 14.2. The number of benzene rings is 2. The Morgan fingerprint density at radius 3 is 2.21 bits per heavy atom. The van der Waals surface area contributed by atoms with Crippen LogP contribution in [0, 0.1) is 0 Å². The third kappa shape index (κ3) is 5.54. The predicted molar refractivity (Wildman–Crippen MR) is 98.1 cm³/mol. The van der Waals surface area contributed by atoms with Crippen molar-refractivity contribution < 1.29 is 9.59 Å².